The van der Waals surface area contributed by atoms with Gasteiger partial charge in [-0.25, -0.2) is 0 Å². The number of nitrogens with zero attached hydrogens (tertiary/aromatic N) is 2. The van der Waals surface area contributed by atoms with Gasteiger partial charge in [-0.1, -0.05) is 0 Å². The minimum atomic E-state index is -0.399. The average molecular weight is 235 g/mol. The van der Waals surface area contributed by atoms with Crippen molar-refractivity contribution in [3.05, 3.63) is 27.5 Å². The Hall–Kier alpha value is -2.29. The maximum absolute atomic E-state index is 11.6. The summed E-state index contributed by atoms with van der Waals surface area (Å²) in [6.45, 7) is 3.28. The number of hydrogen-bond acceptors (Lipinski definition) is 4. The second-order valence-electron chi connectivity index (χ2n) is 3.61. The lowest BCUT2D eigenvalue weighted by Crippen LogP contribution is -2.29. The van der Waals surface area contributed by atoms with Gasteiger partial charge >= 0.3 is 0 Å². The van der Waals surface area contributed by atoms with Crippen LogP contribution in [0.15, 0.2) is 10.9 Å². The summed E-state index contributed by atoms with van der Waals surface area (Å²) in [4.78, 5) is 22.3. The van der Waals surface area contributed by atoms with Crippen molar-refractivity contribution in [2.75, 3.05) is 6.54 Å². The third-order valence-electron chi connectivity index (χ3n) is 2.30. The van der Waals surface area contributed by atoms with Crippen LogP contribution >= 0.6 is 0 Å². The zero-order valence-electron chi connectivity index (χ0n) is 9.65. The molecule has 0 atom stereocenters. The lowest BCUT2D eigenvalue weighted by atomic mass is 10.1. The lowest BCUT2D eigenvalue weighted by molar-refractivity contribution is -0.118. The molecule has 2 N–H and O–H groups in total. The molecule has 1 aromatic heterocycles. The van der Waals surface area contributed by atoms with Crippen LogP contribution in [-0.2, 0) is 11.3 Å². The molecule has 6 nitrogen and oxygen atoms in total. The number of aryl methyl sites for hydroxylation is 1. The van der Waals surface area contributed by atoms with Gasteiger partial charge in [0.15, 0.2) is 0 Å². The van der Waals surface area contributed by atoms with E-state index < -0.39 is 5.56 Å². The summed E-state index contributed by atoms with van der Waals surface area (Å²) in [5.74, 6) is -0.576. The Morgan fingerprint density at radius 2 is 2.29 bits per heavy atom. The van der Waals surface area contributed by atoms with Crippen LogP contribution in [0.5, 0.6) is 5.88 Å². The summed E-state index contributed by atoms with van der Waals surface area (Å²) in [5, 5.41) is 21.1. The fraction of sp³-hybridized carbons (Fsp3) is 0.364. The average Bonchev–Trinajstić information content (AvgIpc) is 2.22. The molecule has 0 radical (unpaired) electrons. The first-order valence-electron chi connectivity index (χ1n) is 5.05. The van der Waals surface area contributed by atoms with E-state index in [9.17, 15) is 14.7 Å². The Balaban J connectivity index is 3.04. The van der Waals surface area contributed by atoms with Gasteiger partial charge in [0, 0.05) is 26.1 Å². The first kappa shape index (κ1) is 12.8. The number of pyridine rings is 1. The maximum Gasteiger partial charge on any atom is 0.253 e. The standard InChI is InChI=1S/C11H13N3O3/c1-7-5-10(16)14(4-3-13-8(2)15)11(17)9(7)6-12/h5,17H,3-4H2,1-2H3,(H,13,15). The minimum Gasteiger partial charge on any atom is -0.493 e. The number of nitriles is 1. The Morgan fingerprint density at radius 3 is 2.82 bits per heavy atom. The van der Waals surface area contributed by atoms with Crippen molar-refractivity contribution in [1.29, 1.82) is 5.26 Å². The summed E-state index contributed by atoms with van der Waals surface area (Å²) in [5.41, 5.74) is 0.113. The van der Waals surface area contributed by atoms with E-state index in [1.165, 1.54) is 13.0 Å². The molecule has 0 saturated carbocycles. The Morgan fingerprint density at radius 1 is 1.65 bits per heavy atom. The summed E-state index contributed by atoms with van der Waals surface area (Å²) in [6, 6.07) is 3.12. The van der Waals surface area contributed by atoms with Gasteiger partial charge < -0.3 is 10.4 Å². The van der Waals surface area contributed by atoms with Crippen LogP contribution in [0.25, 0.3) is 0 Å². The summed E-state index contributed by atoms with van der Waals surface area (Å²) in [7, 11) is 0. The van der Waals surface area contributed by atoms with Crippen molar-refractivity contribution in [2.24, 2.45) is 0 Å². The van der Waals surface area contributed by atoms with Crippen LogP contribution in [0.1, 0.15) is 18.1 Å². The van der Waals surface area contributed by atoms with Crippen molar-refractivity contribution in [1.82, 2.24) is 9.88 Å². The van der Waals surface area contributed by atoms with Crippen LogP contribution in [0.3, 0.4) is 0 Å². The summed E-state index contributed by atoms with van der Waals surface area (Å²) >= 11 is 0. The number of nitrogens with one attached hydrogen (secondary N) is 1. The number of aromatic hydroxyl groups is 1. The molecule has 0 bridgehead atoms. The van der Waals surface area contributed by atoms with Crippen molar-refractivity contribution < 1.29 is 9.90 Å². The summed E-state index contributed by atoms with van der Waals surface area (Å²) < 4.78 is 1.06. The molecule has 0 fully saturated rings. The molecular formula is C11H13N3O3. The number of amides is 1. The molecule has 0 aliphatic rings. The molecule has 0 aromatic carbocycles. The van der Waals surface area contributed by atoms with Crippen LogP contribution in [-0.4, -0.2) is 22.1 Å². The molecule has 0 saturated heterocycles. The predicted molar refractivity (Wildman–Crippen MR) is 60.5 cm³/mol. The van der Waals surface area contributed by atoms with Crippen LogP contribution < -0.4 is 10.9 Å². The minimum absolute atomic E-state index is 0.0763. The van der Waals surface area contributed by atoms with Gasteiger partial charge in [-0.05, 0) is 12.5 Å². The zero-order valence-corrected chi connectivity index (χ0v) is 9.65. The van der Waals surface area contributed by atoms with Gasteiger partial charge in [0.1, 0.15) is 11.6 Å². The molecule has 0 unspecified atom stereocenters. The van der Waals surface area contributed by atoms with Gasteiger partial charge in [0.25, 0.3) is 5.56 Å². The second kappa shape index (κ2) is 5.16. The molecule has 0 aliphatic carbocycles. The lowest BCUT2D eigenvalue weighted by Gasteiger charge is -2.10. The largest absolute Gasteiger partial charge is 0.493 e. The van der Waals surface area contributed by atoms with Crippen molar-refractivity contribution in [3.63, 3.8) is 0 Å². The van der Waals surface area contributed by atoms with E-state index >= 15 is 0 Å². The van der Waals surface area contributed by atoms with Crippen molar-refractivity contribution in [2.45, 2.75) is 20.4 Å². The number of rotatable bonds is 3. The van der Waals surface area contributed by atoms with Crippen molar-refractivity contribution in [3.8, 4) is 11.9 Å². The van der Waals surface area contributed by atoms with Gasteiger partial charge in [-0.2, -0.15) is 5.26 Å². The number of aromatic nitrogens is 1. The molecule has 0 spiro atoms. The quantitative estimate of drug-likeness (QED) is 0.762. The predicted octanol–water partition coefficient (Wildman–Crippen LogP) is -0.130. The highest BCUT2D eigenvalue weighted by Gasteiger charge is 2.11. The van der Waals surface area contributed by atoms with Crippen LogP contribution in [0, 0.1) is 18.3 Å². The molecule has 17 heavy (non-hydrogen) atoms. The number of carbonyl (C=O) groups is 1. The van der Waals surface area contributed by atoms with E-state index in [2.05, 4.69) is 5.32 Å². The highest BCUT2D eigenvalue weighted by Crippen LogP contribution is 2.16. The fourth-order valence-electron chi connectivity index (χ4n) is 1.45. The monoisotopic (exact) mass is 235 g/mol. The number of carbonyl (C=O) groups excluding carboxylic acids is 1. The number of hydrogen-bond donors (Lipinski definition) is 2. The van der Waals surface area contributed by atoms with Gasteiger partial charge in [-0.3, -0.25) is 14.2 Å². The second-order valence-corrected chi connectivity index (χ2v) is 3.61. The summed E-state index contributed by atoms with van der Waals surface area (Å²) in [6.07, 6.45) is 0. The Bertz CT molecular complexity index is 540. The zero-order chi connectivity index (χ0) is 13.0. The van der Waals surface area contributed by atoms with E-state index in [-0.39, 0.29) is 30.4 Å². The van der Waals surface area contributed by atoms with Crippen molar-refractivity contribution >= 4 is 5.91 Å². The fourth-order valence-corrected chi connectivity index (χ4v) is 1.45. The smallest absolute Gasteiger partial charge is 0.253 e. The van der Waals surface area contributed by atoms with Gasteiger partial charge in [0.05, 0.1) is 0 Å². The molecular weight excluding hydrogens is 222 g/mol. The molecule has 6 heteroatoms. The molecule has 0 aliphatic heterocycles. The third-order valence-corrected chi connectivity index (χ3v) is 2.30. The Kier molecular flexibility index (Phi) is 3.88. The first-order chi connectivity index (χ1) is 7.97. The van der Waals surface area contributed by atoms with E-state index in [0.717, 1.165) is 4.57 Å². The van der Waals surface area contributed by atoms with E-state index in [4.69, 9.17) is 5.26 Å². The highest BCUT2D eigenvalue weighted by molar-refractivity contribution is 5.72. The molecule has 1 amide bonds. The molecule has 1 aromatic rings. The van der Waals surface area contributed by atoms with E-state index in [1.54, 1.807) is 6.92 Å². The third kappa shape index (κ3) is 2.84. The molecule has 1 rings (SSSR count). The molecule has 90 valence electrons. The van der Waals surface area contributed by atoms with Crippen LogP contribution in [0.4, 0.5) is 0 Å². The highest BCUT2D eigenvalue weighted by atomic mass is 16.3. The van der Waals surface area contributed by atoms with Crippen LogP contribution in [0.2, 0.25) is 0 Å². The Labute approximate surface area is 98.1 Å². The van der Waals surface area contributed by atoms with E-state index in [0.29, 0.717) is 5.56 Å². The van der Waals surface area contributed by atoms with Gasteiger partial charge in [-0.15, -0.1) is 0 Å². The first-order valence-corrected chi connectivity index (χ1v) is 5.05. The normalized spacial score (nSPS) is 9.71. The molecule has 1 heterocycles. The van der Waals surface area contributed by atoms with Gasteiger partial charge in [0.2, 0.25) is 11.8 Å². The topological polar surface area (TPSA) is 95.1 Å². The maximum atomic E-state index is 11.6. The SMILES string of the molecule is CC(=O)NCCn1c(O)c(C#N)c(C)cc1=O. The van der Waals surface area contributed by atoms with E-state index in [1.807, 2.05) is 6.07 Å².